The SMILES string of the molecule is C[Si](C)(c1ccc(-c2nc(-c3ccccc3)nc(-c3ccccc3)n2)cc1)c1ccc(-c2nc(-c3ccccc3)nc(-c3ccccc3)n2)cc1.C[Si](C)(c1ccc(-c2nnc(-c3ccccc3)n2-c2ccccc2)cc1)c1ccc(-c2nnc(-c3ccccc3)n2-c2ccccc2)cc1. The van der Waals surface area contributed by atoms with Crippen molar-refractivity contribution in [1.82, 2.24) is 59.4 Å². The second-order valence-corrected chi connectivity index (χ2v) is 34.2. The molecule has 0 saturated carbocycles. The summed E-state index contributed by atoms with van der Waals surface area (Å²) in [5.74, 6) is 7.20. The van der Waals surface area contributed by atoms with E-state index in [1.807, 2.05) is 194 Å². The Morgan fingerprint density at radius 1 is 0.180 bits per heavy atom. The topological polar surface area (TPSA) is 139 Å². The Hall–Kier alpha value is -12.6. The summed E-state index contributed by atoms with van der Waals surface area (Å²) in [5.41, 5.74) is 11.9. The summed E-state index contributed by atoms with van der Waals surface area (Å²) in [7, 11) is -4.10. The van der Waals surface area contributed by atoms with Gasteiger partial charge in [0.15, 0.2) is 58.2 Å². The number of nitrogens with zero attached hydrogens (tertiary/aromatic N) is 12. The van der Waals surface area contributed by atoms with Gasteiger partial charge < -0.3 is 0 Å². The zero-order chi connectivity index (χ0) is 67.8. The molecule has 0 aliphatic heterocycles. The van der Waals surface area contributed by atoms with E-state index < -0.39 is 16.1 Å². The maximum Gasteiger partial charge on any atom is 0.168 e. The molecule has 0 radical (unpaired) electrons. The average molecular weight is 1330 g/mol. The summed E-state index contributed by atoms with van der Waals surface area (Å²) in [6.07, 6.45) is 0. The van der Waals surface area contributed by atoms with Crippen molar-refractivity contribution in [2.75, 3.05) is 0 Å². The van der Waals surface area contributed by atoms with Crippen molar-refractivity contribution in [2.24, 2.45) is 0 Å². The molecule has 0 N–H and O–H groups in total. The fourth-order valence-electron chi connectivity index (χ4n) is 12.5. The number of hydrogen-bond acceptors (Lipinski definition) is 10. The van der Waals surface area contributed by atoms with Crippen molar-refractivity contribution >= 4 is 36.9 Å². The molecule has 0 unspecified atom stereocenters. The largest absolute Gasteiger partial charge is 0.275 e. The highest BCUT2D eigenvalue weighted by Gasteiger charge is 2.29. The van der Waals surface area contributed by atoms with Crippen LogP contribution in [0.3, 0.4) is 0 Å². The first-order chi connectivity index (χ1) is 49.1. The van der Waals surface area contributed by atoms with Crippen molar-refractivity contribution in [3.63, 3.8) is 0 Å². The van der Waals surface area contributed by atoms with Gasteiger partial charge in [0, 0.05) is 67.0 Å². The molecule has 0 saturated heterocycles. The van der Waals surface area contributed by atoms with Crippen LogP contribution in [0.2, 0.25) is 26.2 Å². The number of hydrogen-bond donors (Lipinski definition) is 0. The van der Waals surface area contributed by atoms with E-state index in [9.17, 15) is 0 Å². The Morgan fingerprint density at radius 3 is 0.550 bits per heavy atom. The lowest BCUT2D eigenvalue weighted by atomic mass is 10.1. The van der Waals surface area contributed by atoms with Crippen molar-refractivity contribution < 1.29 is 0 Å². The molecule has 0 aliphatic carbocycles. The number of benzene rings is 12. The summed E-state index contributed by atoms with van der Waals surface area (Å²) in [4.78, 5) is 29.3. The standard InChI is InChI=1S/C44H34N6Si.C42H34N6Si/c1-51(2,37-27-23-35(24-28-37)43-47-39(31-15-7-3-8-16-31)45-40(48-43)32-17-9-4-10-18-32)38-29-25-36(26-30-38)44-49-41(33-19-11-5-12-20-33)46-42(50-44)34-21-13-6-14-22-34;1-49(2,37-27-23-33(24-28-37)41-45-43-39(31-15-7-3-8-16-31)47(41)35-19-11-5-12-20-35)38-29-25-34(26-30-38)42-46-44-40(32-17-9-4-10-18-32)48(42)36-21-13-6-14-22-36/h3-30H,1-2H3;3-30H,1-2H3. The van der Waals surface area contributed by atoms with Crippen molar-refractivity contribution in [1.29, 1.82) is 0 Å². The Kier molecular flexibility index (Phi) is 17.9. The first-order valence-corrected chi connectivity index (χ1v) is 39.4. The van der Waals surface area contributed by atoms with Gasteiger partial charge in [0.2, 0.25) is 0 Å². The van der Waals surface area contributed by atoms with Gasteiger partial charge in [-0.25, -0.2) is 29.9 Å². The average Bonchev–Trinajstić information content (AvgIpc) is 1.35. The highest BCUT2D eigenvalue weighted by molar-refractivity contribution is 7.01. The Morgan fingerprint density at radius 2 is 0.340 bits per heavy atom. The third kappa shape index (κ3) is 13.3. The van der Waals surface area contributed by atoms with E-state index in [1.54, 1.807) is 0 Å². The second kappa shape index (κ2) is 28.2. The molecule has 0 bridgehead atoms. The smallest absolute Gasteiger partial charge is 0.168 e. The van der Waals surface area contributed by atoms with Gasteiger partial charge in [-0.05, 0) is 24.3 Å². The third-order valence-electron chi connectivity index (χ3n) is 18.3. The van der Waals surface area contributed by atoms with E-state index in [0.29, 0.717) is 34.9 Å². The van der Waals surface area contributed by atoms with E-state index in [-0.39, 0.29) is 0 Å². The minimum absolute atomic E-state index is 0.653. The van der Waals surface area contributed by atoms with Crippen LogP contribution >= 0.6 is 0 Å². The molecule has 12 nitrogen and oxygen atoms in total. The quantitative estimate of drug-likeness (QED) is 0.0859. The van der Waals surface area contributed by atoms with Crippen LogP contribution in [0.5, 0.6) is 0 Å². The van der Waals surface area contributed by atoms with Gasteiger partial charge in [-0.1, -0.05) is 362 Å². The van der Waals surface area contributed by atoms with Crippen LogP contribution in [-0.2, 0) is 0 Å². The highest BCUT2D eigenvalue weighted by atomic mass is 28.3. The maximum absolute atomic E-state index is 4.91. The predicted octanol–water partition coefficient (Wildman–Crippen LogP) is 17.2. The van der Waals surface area contributed by atoms with Crippen LogP contribution in [0.15, 0.2) is 340 Å². The van der Waals surface area contributed by atoms with Gasteiger partial charge in [0.25, 0.3) is 0 Å². The molecule has 4 heterocycles. The molecule has 4 aromatic heterocycles. The van der Waals surface area contributed by atoms with Gasteiger partial charge in [-0.15, -0.1) is 20.4 Å². The molecule has 16 aromatic rings. The van der Waals surface area contributed by atoms with Crippen LogP contribution < -0.4 is 20.7 Å². The lowest BCUT2D eigenvalue weighted by Crippen LogP contribution is -2.52. The van der Waals surface area contributed by atoms with Gasteiger partial charge >= 0.3 is 0 Å². The fourth-order valence-corrected chi connectivity index (χ4v) is 17.2. The lowest BCUT2D eigenvalue weighted by Gasteiger charge is -2.24. The van der Waals surface area contributed by atoms with Crippen LogP contribution in [0, 0.1) is 0 Å². The maximum atomic E-state index is 4.91. The van der Waals surface area contributed by atoms with Crippen molar-refractivity contribution in [3.8, 4) is 125 Å². The fraction of sp³-hybridized carbons (Fsp3) is 0.0465. The zero-order valence-corrected chi connectivity index (χ0v) is 57.7. The van der Waals surface area contributed by atoms with Gasteiger partial charge in [0.1, 0.15) is 16.1 Å². The molecular weight excluding hydrogens is 1260 g/mol. The molecule has 0 amide bonds. The Labute approximate surface area is 583 Å². The Bertz CT molecular complexity index is 4950. The minimum Gasteiger partial charge on any atom is -0.275 e. The molecule has 0 aliphatic rings. The van der Waals surface area contributed by atoms with Crippen molar-refractivity contribution in [2.45, 2.75) is 26.2 Å². The first kappa shape index (κ1) is 63.4. The summed E-state index contributed by atoms with van der Waals surface area (Å²) in [5, 5.41) is 24.0. The predicted molar refractivity (Wildman–Crippen MR) is 410 cm³/mol. The molecule has 14 heteroatoms. The molecule has 0 atom stereocenters. The van der Waals surface area contributed by atoms with Gasteiger partial charge in [-0.2, -0.15) is 0 Å². The third-order valence-corrected chi connectivity index (χ3v) is 25.4. The van der Waals surface area contributed by atoms with Crippen LogP contribution in [0.1, 0.15) is 0 Å². The molecule has 16 rings (SSSR count). The monoisotopic (exact) mass is 1320 g/mol. The van der Waals surface area contributed by atoms with Crippen LogP contribution in [0.25, 0.3) is 125 Å². The summed E-state index contributed by atoms with van der Waals surface area (Å²) >= 11 is 0. The van der Waals surface area contributed by atoms with Crippen LogP contribution in [0.4, 0.5) is 0 Å². The van der Waals surface area contributed by atoms with E-state index in [1.165, 1.54) is 20.7 Å². The van der Waals surface area contributed by atoms with E-state index in [0.717, 1.165) is 90.3 Å². The summed E-state index contributed by atoms with van der Waals surface area (Å²) in [6.45, 7) is 9.56. The zero-order valence-electron chi connectivity index (χ0n) is 55.7. The van der Waals surface area contributed by atoms with E-state index in [4.69, 9.17) is 29.9 Å². The second-order valence-electron chi connectivity index (χ2n) is 25.4. The Balaban J connectivity index is 0.000000163. The van der Waals surface area contributed by atoms with Crippen LogP contribution in [-0.4, -0.2) is 75.6 Å². The van der Waals surface area contributed by atoms with E-state index in [2.05, 4.69) is 201 Å². The first-order valence-electron chi connectivity index (χ1n) is 33.4. The lowest BCUT2D eigenvalue weighted by molar-refractivity contribution is 1.07. The van der Waals surface area contributed by atoms with Crippen molar-refractivity contribution in [3.05, 3.63) is 340 Å². The normalized spacial score (nSPS) is 11.4. The molecule has 0 spiro atoms. The summed E-state index contributed by atoms with van der Waals surface area (Å²) < 4.78 is 4.28. The minimum atomic E-state index is -2.06. The highest BCUT2D eigenvalue weighted by Crippen LogP contribution is 2.32. The number of aromatic nitrogens is 12. The molecular formula is C86H68N12Si2. The molecule has 0 fully saturated rings. The molecule has 12 aromatic carbocycles. The van der Waals surface area contributed by atoms with E-state index >= 15 is 0 Å². The molecule has 480 valence electrons. The number of rotatable bonds is 16. The van der Waals surface area contributed by atoms with Gasteiger partial charge in [-0.3, -0.25) is 9.13 Å². The van der Waals surface area contributed by atoms with Gasteiger partial charge in [0.05, 0.1) is 0 Å². The molecule has 100 heavy (non-hydrogen) atoms. The number of para-hydroxylation sites is 2. The summed E-state index contributed by atoms with van der Waals surface area (Å²) in [6, 6.07) is 117.